The van der Waals surface area contributed by atoms with Crippen LogP contribution in [-0.2, 0) is 6.42 Å². The molecule has 0 unspecified atom stereocenters. The molecular formula is C12H12BrN3O2. The predicted molar refractivity (Wildman–Crippen MR) is 71.3 cm³/mol. The lowest BCUT2D eigenvalue weighted by atomic mass is 10.1. The largest absolute Gasteiger partial charge is 0.396 e. The third-order valence-corrected chi connectivity index (χ3v) is 3.00. The summed E-state index contributed by atoms with van der Waals surface area (Å²) in [6.45, 7) is 1.69. The van der Waals surface area contributed by atoms with Gasteiger partial charge in [0.05, 0.1) is 0 Å². The number of aliphatic hydroxyl groups is 1. The Labute approximate surface area is 112 Å². The summed E-state index contributed by atoms with van der Waals surface area (Å²) in [7, 11) is 0. The molecule has 2 heterocycles. The fourth-order valence-electron chi connectivity index (χ4n) is 1.69. The van der Waals surface area contributed by atoms with Crippen molar-refractivity contribution in [1.29, 1.82) is 0 Å². The molecule has 0 amide bonds. The maximum absolute atomic E-state index is 11.9. The minimum absolute atomic E-state index is 0.0661. The van der Waals surface area contributed by atoms with Crippen LogP contribution in [0, 0.1) is 6.92 Å². The second-order valence-electron chi connectivity index (χ2n) is 3.84. The summed E-state index contributed by atoms with van der Waals surface area (Å²) in [5.74, 6) is 0.480. The van der Waals surface area contributed by atoms with Crippen LogP contribution in [0.5, 0.6) is 0 Å². The van der Waals surface area contributed by atoms with Crippen molar-refractivity contribution in [1.82, 2.24) is 15.0 Å². The number of nitrogens with one attached hydrogen (secondary N) is 1. The first-order chi connectivity index (χ1) is 8.61. The van der Waals surface area contributed by atoms with E-state index in [9.17, 15) is 4.79 Å². The van der Waals surface area contributed by atoms with Gasteiger partial charge >= 0.3 is 0 Å². The SMILES string of the molecule is Cc1nc(-c2cncc(Br)c2)[nH]c(=O)c1CCO. The highest BCUT2D eigenvalue weighted by Crippen LogP contribution is 2.18. The highest BCUT2D eigenvalue weighted by Gasteiger charge is 2.09. The molecule has 0 aromatic carbocycles. The number of halogens is 1. The molecule has 0 saturated heterocycles. The van der Waals surface area contributed by atoms with Gasteiger partial charge in [0, 0.05) is 46.7 Å². The number of hydrogen-bond acceptors (Lipinski definition) is 4. The molecule has 2 aromatic rings. The van der Waals surface area contributed by atoms with Gasteiger partial charge in [-0.25, -0.2) is 4.98 Å². The van der Waals surface area contributed by atoms with Gasteiger partial charge < -0.3 is 10.1 Å². The molecule has 0 fully saturated rings. The van der Waals surface area contributed by atoms with Crippen molar-refractivity contribution in [3.8, 4) is 11.4 Å². The summed E-state index contributed by atoms with van der Waals surface area (Å²) >= 11 is 3.32. The Balaban J connectivity index is 2.51. The van der Waals surface area contributed by atoms with Crippen LogP contribution in [0.25, 0.3) is 11.4 Å². The molecule has 2 rings (SSSR count). The molecule has 0 saturated carbocycles. The number of aromatic nitrogens is 3. The van der Waals surface area contributed by atoms with Gasteiger partial charge in [0.25, 0.3) is 5.56 Å². The van der Waals surface area contributed by atoms with Crippen LogP contribution in [-0.4, -0.2) is 26.7 Å². The molecular weight excluding hydrogens is 298 g/mol. The summed E-state index contributed by atoms with van der Waals surface area (Å²) in [6, 6.07) is 1.83. The molecule has 0 aliphatic heterocycles. The fraction of sp³-hybridized carbons (Fsp3) is 0.250. The molecule has 2 N–H and O–H groups in total. The molecule has 0 bridgehead atoms. The Kier molecular flexibility index (Phi) is 3.88. The highest BCUT2D eigenvalue weighted by atomic mass is 79.9. The van der Waals surface area contributed by atoms with E-state index in [1.54, 1.807) is 19.3 Å². The molecule has 2 aromatic heterocycles. The molecule has 0 atom stereocenters. The van der Waals surface area contributed by atoms with E-state index in [0.717, 1.165) is 10.0 Å². The third-order valence-electron chi connectivity index (χ3n) is 2.56. The Morgan fingerprint density at radius 3 is 2.83 bits per heavy atom. The lowest BCUT2D eigenvalue weighted by molar-refractivity contribution is 0.298. The van der Waals surface area contributed by atoms with Gasteiger partial charge in [-0.3, -0.25) is 9.78 Å². The summed E-state index contributed by atoms with van der Waals surface area (Å²) < 4.78 is 0.819. The Morgan fingerprint density at radius 1 is 1.44 bits per heavy atom. The van der Waals surface area contributed by atoms with Crippen LogP contribution in [0.2, 0.25) is 0 Å². The van der Waals surface area contributed by atoms with E-state index in [2.05, 4.69) is 30.9 Å². The van der Waals surface area contributed by atoms with Gasteiger partial charge in [-0.05, 0) is 28.9 Å². The normalized spacial score (nSPS) is 10.6. The predicted octanol–water partition coefficient (Wildman–Crippen LogP) is 1.44. The van der Waals surface area contributed by atoms with Gasteiger partial charge in [0.15, 0.2) is 0 Å². The average molecular weight is 310 g/mol. The summed E-state index contributed by atoms with van der Waals surface area (Å²) in [6.07, 6.45) is 3.61. The topological polar surface area (TPSA) is 78.9 Å². The molecule has 94 valence electrons. The standard InChI is InChI=1S/C12H12BrN3O2/c1-7-10(2-3-17)12(18)16-11(15-7)8-4-9(13)6-14-5-8/h4-6,17H,2-3H2,1H3,(H,15,16,18). The molecule has 0 spiro atoms. The zero-order valence-electron chi connectivity index (χ0n) is 9.77. The maximum atomic E-state index is 11.9. The smallest absolute Gasteiger partial charge is 0.254 e. The van der Waals surface area contributed by atoms with Crippen molar-refractivity contribution in [3.05, 3.63) is 44.5 Å². The highest BCUT2D eigenvalue weighted by molar-refractivity contribution is 9.10. The lowest BCUT2D eigenvalue weighted by Crippen LogP contribution is -2.18. The van der Waals surface area contributed by atoms with Crippen LogP contribution >= 0.6 is 15.9 Å². The number of hydrogen-bond donors (Lipinski definition) is 2. The summed E-state index contributed by atoms with van der Waals surface area (Å²) in [5.41, 5.74) is 1.67. The fourth-order valence-corrected chi connectivity index (χ4v) is 2.06. The van der Waals surface area contributed by atoms with Crippen molar-refractivity contribution in [2.45, 2.75) is 13.3 Å². The van der Waals surface area contributed by atoms with E-state index in [0.29, 0.717) is 23.5 Å². The van der Waals surface area contributed by atoms with E-state index in [-0.39, 0.29) is 12.2 Å². The monoisotopic (exact) mass is 309 g/mol. The van der Waals surface area contributed by atoms with Crippen LogP contribution in [0.1, 0.15) is 11.3 Å². The molecule has 18 heavy (non-hydrogen) atoms. The van der Waals surface area contributed by atoms with Crippen molar-refractivity contribution in [3.63, 3.8) is 0 Å². The number of nitrogens with zero attached hydrogens (tertiary/aromatic N) is 2. The molecule has 6 heteroatoms. The quantitative estimate of drug-likeness (QED) is 0.899. The van der Waals surface area contributed by atoms with E-state index >= 15 is 0 Å². The van der Waals surface area contributed by atoms with Crippen molar-refractivity contribution in [2.75, 3.05) is 6.61 Å². The Bertz CT molecular complexity index is 625. The first kappa shape index (κ1) is 12.9. The third kappa shape index (κ3) is 2.65. The van der Waals surface area contributed by atoms with Crippen LogP contribution in [0.3, 0.4) is 0 Å². The number of aromatic amines is 1. The van der Waals surface area contributed by atoms with Gasteiger partial charge in [0.1, 0.15) is 5.82 Å². The molecule has 5 nitrogen and oxygen atoms in total. The minimum atomic E-state index is -0.216. The molecule has 0 radical (unpaired) electrons. The molecule has 0 aliphatic carbocycles. The second kappa shape index (κ2) is 5.41. The van der Waals surface area contributed by atoms with E-state index in [1.165, 1.54) is 0 Å². The number of aliphatic hydroxyl groups excluding tert-OH is 1. The second-order valence-corrected chi connectivity index (χ2v) is 4.76. The van der Waals surface area contributed by atoms with E-state index in [1.807, 2.05) is 6.07 Å². The summed E-state index contributed by atoms with van der Waals surface area (Å²) in [4.78, 5) is 22.9. The van der Waals surface area contributed by atoms with Crippen molar-refractivity contribution >= 4 is 15.9 Å². The first-order valence-electron chi connectivity index (χ1n) is 5.43. The lowest BCUT2D eigenvalue weighted by Gasteiger charge is -2.06. The van der Waals surface area contributed by atoms with Gasteiger partial charge in [-0.2, -0.15) is 0 Å². The van der Waals surface area contributed by atoms with Crippen LogP contribution in [0.15, 0.2) is 27.7 Å². The Morgan fingerprint density at radius 2 is 2.22 bits per heavy atom. The van der Waals surface area contributed by atoms with Crippen LogP contribution in [0.4, 0.5) is 0 Å². The zero-order valence-corrected chi connectivity index (χ0v) is 11.4. The van der Waals surface area contributed by atoms with Crippen LogP contribution < -0.4 is 5.56 Å². The van der Waals surface area contributed by atoms with Crippen molar-refractivity contribution < 1.29 is 5.11 Å². The number of aryl methyl sites for hydroxylation is 1. The number of H-pyrrole nitrogens is 1. The zero-order chi connectivity index (χ0) is 13.1. The Hall–Kier alpha value is -1.53. The minimum Gasteiger partial charge on any atom is -0.396 e. The number of pyridine rings is 1. The number of rotatable bonds is 3. The average Bonchev–Trinajstić information content (AvgIpc) is 2.33. The van der Waals surface area contributed by atoms with E-state index < -0.39 is 0 Å². The van der Waals surface area contributed by atoms with E-state index in [4.69, 9.17) is 5.11 Å². The van der Waals surface area contributed by atoms with Gasteiger partial charge in [-0.1, -0.05) is 0 Å². The van der Waals surface area contributed by atoms with Gasteiger partial charge in [0.2, 0.25) is 0 Å². The van der Waals surface area contributed by atoms with Crippen molar-refractivity contribution in [2.24, 2.45) is 0 Å². The maximum Gasteiger partial charge on any atom is 0.254 e. The first-order valence-corrected chi connectivity index (χ1v) is 6.22. The summed E-state index contributed by atoms with van der Waals surface area (Å²) in [5, 5.41) is 8.89. The molecule has 0 aliphatic rings. The van der Waals surface area contributed by atoms with Gasteiger partial charge in [-0.15, -0.1) is 0 Å².